The Labute approximate surface area is 121 Å². The Bertz CT molecular complexity index is 690. The number of isothiocyanates is 1. The van der Waals surface area contributed by atoms with Crippen LogP contribution in [0.3, 0.4) is 0 Å². The summed E-state index contributed by atoms with van der Waals surface area (Å²) in [4.78, 5) is 16.4. The lowest BCUT2D eigenvalue weighted by molar-refractivity contribution is 0.103. The van der Waals surface area contributed by atoms with Crippen molar-refractivity contribution in [3.63, 3.8) is 0 Å². The zero-order valence-corrected chi connectivity index (χ0v) is 11.8. The number of carbonyl (C=O) groups excluding carboxylic acids is 1. The van der Waals surface area contributed by atoms with E-state index in [0.717, 1.165) is 5.56 Å². The van der Waals surface area contributed by atoms with Crippen LogP contribution >= 0.6 is 23.8 Å². The lowest BCUT2D eigenvalue weighted by Crippen LogP contribution is -2.03. The SMILES string of the molecule is Cc1ccccc1C(=O)c1cc(Cl)ccc1N=C=S. The van der Waals surface area contributed by atoms with Gasteiger partial charge in [0.25, 0.3) is 0 Å². The van der Waals surface area contributed by atoms with Crippen molar-refractivity contribution < 1.29 is 4.79 Å². The maximum absolute atomic E-state index is 12.5. The number of carbonyl (C=O) groups is 1. The van der Waals surface area contributed by atoms with Gasteiger partial charge in [0.15, 0.2) is 5.78 Å². The molecule has 19 heavy (non-hydrogen) atoms. The molecule has 2 aromatic rings. The largest absolute Gasteiger partial charge is 0.289 e. The predicted octanol–water partition coefficient (Wildman–Crippen LogP) is 4.61. The highest BCUT2D eigenvalue weighted by Gasteiger charge is 2.15. The molecule has 0 radical (unpaired) electrons. The van der Waals surface area contributed by atoms with Gasteiger partial charge >= 0.3 is 0 Å². The molecular weight excluding hydrogens is 278 g/mol. The molecule has 0 aromatic heterocycles. The molecule has 2 nitrogen and oxygen atoms in total. The van der Waals surface area contributed by atoms with E-state index < -0.39 is 0 Å². The lowest BCUT2D eigenvalue weighted by atomic mass is 9.98. The van der Waals surface area contributed by atoms with Crippen LogP contribution in [0.2, 0.25) is 5.02 Å². The van der Waals surface area contributed by atoms with Crippen molar-refractivity contribution in [2.24, 2.45) is 4.99 Å². The second-order valence-electron chi connectivity index (χ2n) is 4.01. The monoisotopic (exact) mass is 287 g/mol. The van der Waals surface area contributed by atoms with Gasteiger partial charge in [-0.2, -0.15) is 4.99 Å². The summed E-state index contributed by atoms with van der Waals surface area (Å²) in [5.74, 6) is -0.121. The second kappa shape index (κ2) is 5.89. The van der Waals surface area contributed by atoms with Gasteiger partial charge < -0.3 is 0 Å². The van der Waals surface area contributed by atoms with Gasteiger partial charge in [0.05, 0.1) is 16.4 Å². The first-order valence-electron chi connectivity index (χ1n) is 5.61. The number of thiocarbonyl (C=S) groups is 1. The van der Waals surface area contributed by atoms with E-state index in [1.165, 1.54) is 0 Å². The quantitative estimate of drug-likeness (QED) is 0.468. The Morgan fingerprint density at radius 3 is 2.63 bits per heavy atom. The maximum atomic E-state index is 12.5. The fraction of sp³-hybridized carbons (Fsp3) is 0.0667. The lowest BCUT2D eigenvalue weighted by Gasteiger charge is -2.07. The average molecular weight is 288 g/mol. The van der Waals surface area contributed by atoms with Gasteiger partial charge in [0, 0.05) is 10.6 Å². The summed E-state index contributed by atoms with van der Waals surface area (Å²) in [5, 5.41) is 2.76. The fourth-order valence-electron chi connectivity index (χ4n) is 1.81. The van der Waals surface area contributed by atoms with E-state index in [9.17, 15) is 4.79 Å². The van der Waals surface area contributed by atoms with E-state index >= 15 is 0 Å². The van der Waals surface area contributed by atoms with Gasteiger partial charge in [0.2, 0.25) is 0 Å². The summed E-state index contributed by atoms with van der Waals surface area (Å²) < 4.78 is 0. The number of nitrogens with zero attached hydrogens (tertiary/aromatic N) is 1. The standard InChI is InChI=1S/C15H10ClNOS/c1-10-4-2-3-5-12(10)15(18)13-8-11(16)6-7-14(13)17-9-19/h2-8H,1H3. The van der Waals surface area contributed by atoms with E-state index in [-0.39, 0.29) is 5.78 Å². The number of halogens is 1. The Morgan fingerprint density at radius 1 is 1.21 bits per heavy atom. The zero-order chi connectivity index (χ0) is 13.8. The van der Waals surface area contributed by atoms with E-state index in [1.807, 2.05) is 25.1 Å². The van der Waals surface area contributed by atoms with E-state index in [0.29, 0.717) is 21.8 Å². The Balaban J connectivity index is 2.58. The van der Waals surface area contributed by atoms with Gasteiger partial charge in [-0.05, 0) is 42.9 Å². The summed E-state index contributed by atoms with van der Waals surface area (Å²) in [6, 6.07) is 12.3. The predicted molar refractivity (Wildman–Crippen MR) is 80.7 cm³/mol. The molecule has 2 rings (SSSR count). The van der Waals surface area contributed by atoms with E-state index in [2.05, 4.69) is 22.4 Å². The highest BCUT2D eigenvalue weighted by Crippen LogP contribution is 2.26. The van der Waals surface area contributed by atoms with Crippen LogP contribution in [0.4, 0.5) is 5.69 Å². The van der Waals surface area contributed by atoms with Crippen molar-refractivity contribution in [1.29, 1.82) is 0 Å². The molecule has 0 atom stereocenters. The van der Waals surface area contributed by atoms with Crippen LogP contribution in [0.15, 0.2) is 47.5 Å². The molecule has 94 valence electrons. The summed E-state index contributed by atoms with van der Waals surface area (Å²) in [5.41, 5.74) is 2.45. The Hall–Kier alpha value is -1.80. The van der Waals surface area contributed by atoms with Crippen LogP contribution in [0, 0.1) is 6.92 Å². The van der Waals surface area contributed by atoms with Crippen molar-refractivity contribution in [2.75, 3.05) is 0 Å². The minimum Gasteiger partial charge on any atom is -0.289 e. The molecule has 2 aromatic carbocycles. The molecule has 0 saturated carbocycles. The molecular formula is C15H10ClNOS. The van der Waals surface area contributed by atoms with Gasteiger partial charge in [-0.25, -0.2) is 0 Å². The highest BCUT2D eigenvalue weighted by molar-refractivity contribution is 7.78. The van der Waals surface area contributed by atoms with Crippen LogP contribution in [-0.4, -0.2) is 10.9 Å². The molecule has 0 spiro atoms. The molecule has 0 aliphatic rings. The van der Waals surface area contributed by atoms with Crippen molar-refractivity contribution in [3.05, 3.63) is 64.2 Å². The first kappa shape index (κ1) is 13.6. The number of ketones is 1. The number of aryl methyl sites for hydroxylation is 1. The van der Waals surface area contributed by atoms with Crippen LogP contribution in [-0.2, 0) is 0 Å². The van der Waals surface area contributed by atoms with Gasteiger partial charge in [0.1, 0.15) is 0 Å². The second-order valence-corrected chi connectivity index (χ2v) is 4.63. The molecule has 0 N–H and O–H groups in total. The van der Waals surface area contributed by atoms with Crippen molar-refractivity contribution in [1.82, 2.24) is 0 Å². The first-order chi connectivity index (χ1) is 9.13. The number of rotatable bonds is 3. The molecule has 0 heterocycles. The molecule has 0 bridgehead atoms. The van der Waals surface area contributed by atoms with Gasteiger partial charge in [-0.3, -0.25) is 4.79 Å². The number of benzene rings is 2. The number of hydrogen-bond acceptors (Lipinski definition) is 3. The van der Waals surface area contributed by atoms with E-state index in [4.69, 9.17) is 11.6 Å². The topological polar surface area (TPSA) is 29.4 Å². The van der Waals surface area contributed by atoms with Crippen LogP contribution in [0.5, 0.6) is 0 Å². The minimum absolute atomic E-state index is 0.121. The van der Waals surface area contributed by atoms with Crippen LogP contribution in [0.1, 0.15) is 21.5 Å². The minimum atomic E-state index is -0.121. The molecule has 0 amide bonds. The average Bonchev–Trinajstić information content (AvgIpc) is 2.41. The third-order valence-electron chi connectivity index (χ3n) is 2.76. The molecule has 0 aliphatic carbocycles. The smallest absolute Gasteiger partial charge is 0.195 e. The third kappa shape index (κ3) is 2.96. The molecule has 0 aliphatic heterocycles. The van der Waals surface area contributed by atoms with Gasteiger partial charge in [-0.1, -0.05) is 35.9 Å². The molecule has 0 unspecified atom stereocenters. The Morgan fingerprint density at radius 2 is 1.95 bits per heavy atom. The van der Waals surface area contributed by atoms with Crippen molar-refractivity contribution in [2.45, 2.75) is 6.92 Å². The summed E-state index contributed by atoms with van der Waals surface area (Å²) in [6.45, 7) is 1.89. The van der Waals surface area contributed by atoms with Crippen molar-refractivity contribution in [3.8, 4) is 0 Å². The van der Waals surface area contributed by atoms with E-state index in [1.54, 1.807) is 24.3 Å². The molecule has 0 fully saturated rings. The number of aliphatic imine (C=N–C) groups is 1. The molecule has 0 saturated heterocycles. The highest BCUT2D eigenvalue weighted by atomic mass is 35.5. The van der Waals surface area contributed by atoms with Crippen LogP contribution < -0.4 is 0 Å². The Kier molecular flexibility index (Phi) is 4.23. The van der Waals surface area contributed by atoms with Crippen molar-refractivity contribution >= 4 is 40.5 Å². The number of hydrogen-bond donors (Lipinski definition) is 0. The zero-order valence-electron chi connectivity index (χ0n) is 10.2. The maximum Gasteiger partial charge on any atom is 0.195 e. The fourth-order valence-corrected chi connectivity index (χ4v) is 2.08. The summed E-state index contributed by atoms with van der Waals surface area (Å²) in [6.07, 6.45) is 0. The summed E-state index contributed by atoms with van der Waals surface area (Å²) in [7, 11) is 0. The normalized spacial score (nSPS) is 9.79. The first-order valence-corrected chi connectivity index (χ1v) is 6.40. The molecule has 4 heteroatoms. The summed E-state index contributed by atoms with van der Waals surface area (Å²) >= 11 is 10.5. The third-order valence-corrected chi connectivity index (χ3v) is 3.09. The van der Waals surface area contributed by atoms with Gasteiger partial charge in [-0.15, -0.1) is 0 Å². The van der Waals surface area contributed by atoms with Crippen LogP contribution in [0.25, 0.3) is 0 Å².